The molecule has 140 valence electrons. The van der Waals surface area contributed by atoms with Crippen LogP contribution in [-0.2, 0) is 10.2 Å². The fourth-order valence-electron chi connectivity index (χ4n) is 7.23. The Morgan fingerprint density at radius 1 is 1.00 bits per heavy atom. The number of hydrogen-bond acceptors (Lipinski definition) is 2. The first-order chi connectivity index (χ1) is 12.6. The van der Waals surface area contributed by atoms with E-state index in [1.165, 1.54) is 44.1 Å². The Morgan fingerprint density at radius 2 is 1.65 bits per heavy atom. The molecular weight excluding hydrogens is 322 g/mol. The summed E-state index contributed by atoms with van der Waals surface area (Å²) in [5, 5.41) is 0. The minimum atomic E-state index is -0.0681. The van der Waals surface area contributed by atoms with Crippen LogP contribution in [0.25, 0.3) is 0 Å². The van der Waals surface area contributed by atoms with Gasteiger partial charge in [0.05, 0.1) is 12.5 Å². The van der Waals surface area contributed by atoms with Gasteiger partial charge in [-0.15, -0.1) is 0 Å². The van der Waals surface area contributed by atoms with Crippen molar-refractivity contribution >= 4 is 5.91 Å². The number of piperidine rings is 1. The third-order valence-electron chi connectivity index (χ3n) is 7.86. The molecule has 4 saturated carbocycles. The van der Waals surface area contributed by atoms with Gasteiger partial charge < -0.3 is 9.64 Å². The average Bonchev–Trinajstić information content (AvgIpc) is 2.67. The minimum Gasteiger partial charge on any atom is -0.497 e. The highest BCUT2D eigenvalue weighted by molar-refractivity contribution is 5.83. The maximum Gasteiger partial charge on any atom is 0.228 e. The van der Waals surface area contributed by atoms with E-state index in [4.69, 9.17) is 4.74 Å². The van der Waals surface area contributed by atoms with E-state index in [9.17, 15) is 4.79 Å². The lowest BCUT2D eigenvalue weighted by molar-refractivity contribution is -0.161. The van der Waals surface area contributed by atoms with Crippen LogP contribution >= 0.6 is 0 Å². The van der Waals surface area contributed by atoms with Gasteiger partial charge in [-0.2, -0.15) is 0 Å². The normalized spacial score (nSPS) is 38.4. The van der Waals surface area contributed by atoms with Crippen molar-refractivity contribution in [2.24, 2.45) is 17.3 Å². The van der Waals surface area contributed by atoms with Crippen molar-refractivity contribution in [3.05, 3.63) is 29.8 Å². The van der Waals surface area contributed by atoms with Crippen LogP contribution in [0.15, 0.2) is 24.3 Å². The van der Waals surface area contributed by atoms with E-state index >= 15 is 0 Å². The predicted molar refractivity (Wildman–Crippen MR) is 102 cm³/mol. The number of benzene rings is 1. The Bertz CT molecular complexity index is 675. The van der Waals surface area contributed by atoms with Crippen molar-refractivity contribution in [1.82, 2.24) is 4.90 Å². The van der Waals surface area contributed by atoms with Gasteiger partial charge in [-0.3, -0.25) is 4.79 Å². The van der Waals surface area contributed by atoms with Gasteiger partial charge in [0.2, 0.25) is 5.91 Å². The van der Waals surface area contributed by atoms with Crippen molar-refractivity contribution in [2.45, 2.75) is 63.2 Å². The van der Waals surface area contributed by atoms with Crippen LogP contribution in [0.4, 0.5) is 0 Å². The van der Waals surface area contributed by atoms with Gasteiger partial charge in [-0.25, -0.2) is 0 Å². The van der Waals surface area contributed by atoms with Gasteiger partial charge in [-0.05, 0) is 92.7 Å². The summed E-state index contributed by atoms with van der Waals surface area (Å²) in [6.07, 6.45) is 11.0. The molecule has 0 radical (unpaired) electrons. The molecule has 5 fully saturated rings. The third kappa shape index (κ3) is 2.50. The Hall–Kier alpha value is -1.51. The van der Waals surface area contributed by atoms with Gasteiger partial charge in [0.1, 0.15) is 5.75 Å². The van der Waals surface area contributed by atoms with E-state index in [0.717, 1.165) is 49.9 Å². The average molecular weight is 354 g/mol. The molecule has 0 N–H and O–H groups in total. The smallest absolute Gasteiger partial charge is 0.228 e. The predicted octanol–water partition coefficient (Wildman–Crippen LogP) is 4.55. The highest BCUT2D eigenvalue weighted by Crippen LogP contribution is 2.66. The molecule has 5 aliphatic rings. The summed E-state index contributed by atoms with van der Waals surface area (Å²) in [5.74, 6) is 2.92. The zero-order chi connectivity index (χ0) is 17.8. The van der Waals surface area contributed by atoms with Gasteiger partial charge >= 0.3 is 0 Å². The van der Waals surface area contributed by atoms with E-state index in [-0.39, 0.29) is 10.8 Å². The molecule has 3 nitrogen and oxygen atoms in total. The van der Waals surface area contributed by atoms with Crippen molar-refractivity contribution in [3.63, 3.8) is 0 Å². The summed E-state index contributed by atoms with van der Waals surface area (Å²) >= 11 is 0. The molecule has 1 aliphatic heterocycles. The van der Waals surface area contributed by atoms with Crippen LogP contribution < -0.4 is 4.74 Å². The quantitative estimate of drug-likeness (QED) is 0.798. The van der Waals surface area contributed by atoms with Crippen LogP contribution in [0, 0.1) is 17.3 Å². The Labute approximate surface area is 157 Å². The lowest BCUT2D eigenvalue weighted by Crippen LogP contribution is -2.60. The highest BCUT2D eigenvalue weighted by Gasteiger charge is 2.61. The number of ether oxygens (including phenoxy) is 1. The molecule has 0 spiro atoms. The van der Waals surface area contributed by atoms with Crippen molar-refractivity contribution in [3.8, 4) is 5.75 Å². The Morgan fingerprint density at radius 3 is 2.27 bits per heavy atom. The maximum atomic E-state index is 13.6. The molecule has 4 aliphatic carbocycles. The number of likely N-dealkylation sites (tertiary alicyclic amines) is 1. The van der Waals surface area contributed by atoms with Crippen LogP contribution in [0.3, 0.4) is 0 Å². The number of amides is 1. The van der Waals surface area contributed by atoms with Gasteiger partial charge in [0, 0.05) is 13.1 Å². The molecule has 2 atom stereocenters. The van der Waals surface area contributed by atoms with Crippen molar-refractivity contribution < 1.29 is 9.53 Å². The van der Waals surface area contributed by atoms with E-state index < -0.39 is 0 Å². The molecule has 1 aromatic rings. The molecule has 3 heteroatoms. The monoisotopic (exact) mass is 353 g/mol. The molecule has 4 bridgehead atoms. The summed E-state index contributed by atoms with van der Waals surface area (Å²) in [6, 6.07) is 8.75. The zero-order valence-corrected chi connectivity index (χ0v) is 16.0. The standard InChI is InChI=1S/C23H31NO2/c1-26-20-7-5-19(6-8-20)22-12-17-11-18(13-22)15-23(14-17,16-22)21(25)24-9-3-2-4-10-24/h5-8,17-18H,2-4,9-16H2,1H3/t17-,18-,22?,23?/m1/s1. The van der Waals surface area contributed by atoms with Gasteiger partial charge in [0.15, 0.2) is 0 Å². The van der Waals surface area contributed by atoms with E-state index in [0.29, 0.717) is 5.91 Å². The zero-order valence-electron chi connectivity index (χ0n) is 16.0. The van der Waals surface area contributed by atoms with E-state index in [2.05, 4.69) is 29.2 Å². The van der Waals surface area contributed by atoms with E-state index in [1.54, 1.807) is 7.11 Å². The fraction of sp³-hybridized carbons (Fsp3) is 0.696. The van der Waals surface area contributed by atoms with Crippen molar-refractivity contribution in [1.29, 1.82) is 0 Å². The Kier molecular flexibility index (Phi) is 3.84. The first kappa shape index (κ1) is 16.6. The summed E-state index contributed by atoms with van der Waals surface area (Å²) in [5.41, 5.74) is 1.60. The first-order valence-corrected chi connectivity index (χ1v) is 10.6. The first-order valence-electron chi connectivity index (χ1n) is 10.6. The topological polar surface area (TPSA) is 29.5 Å². The van der Waals surface area contributed by atoms with Gasteiger partial charge in [-0.1, -0.05) is 12.1 Å². The number of carbonyl (C=O) groups is 1. The highest BCUT2D eigenvalue weighted by atomic mass is 16.5. The molecule has 1 amide bonds. The summed E-state index contributed by atoms with van der Waals surface area (Å²) in [7, 11) is 1.73. The van der Waals surface area contributed by atoms with Crippen LogP contribution in [-0.4, -0.2) is 31.0 Å². The number of hydrogen-bond donors (Lipinski definition) is 0. The largest absolute Gasteiger partial charge is 0.497 e. The van der Waals surface area contributed by atoms with Crippen molar-refractivity contribution in [2.75, 3.05) is 20.2 Å². The Balaban J connectivity index is 1.48. The molecule has 0 aromatic heterocycles. The summed E-state index contributed by atoms with van der Waals surface area (Å²) < 4.78 is 5.36. The second-order valence-electron chi connectivity index (χ2n) is 9.60. The lowest BCUT2D eigenvalue weighted by atomic mass is 9.42. The molecule has 1 saturated heterocycles. The summed E-state index contributed by atoms with van der Waals surface area (Å²) in [4.78, 5) is 15.9. The molecule has 0 unspecified atom stereocenters. The molecule has 1 aromatic carbocycles. The second-order valence-corrected chi connectivity index (χ2v) is 9.60. The minimum absolute atomic E-state index is 0.0681. The number of carbonyl (C=O) groups excluding carboxylic acids is 1. The number of rotatable bonds is 3. The molecule has 26 heavy (non-hydrogen) atoms. The fourth-order valence-corrected chi connectivity index (χ4v) is 7.23. The van der Waals surface area contributed by atoms with Crippen LogP contribution in [0.1, 0.15) is 63.4 Å². The number of methoxy groups -OCH3 is 1. The maximum absolute atomic E-state index is 13.6. The van der Waals surface area contributed by atoms with Crippen LogP contribution in [0.5, 0.6) is 5.75 Å². The molecule has 6 rings (SSSR count). The molecule has 1 heterocycles. The van der Waals surface area contributed by atoms with Gasteiger partial charge in [0.25, 0.3) is 0 Å². The second kappa shape index (κ2) is 6.00. The summed E-state index contributed by atoms with van der Waals surface area (Å²) in [6.45, 7) is 1.98. The SMILES string of the molecule is COc1ccc(C23C[C@H]4C[C@@H](CC(C(=O)N5CCCCC5)(C4)C2)C3)cc1. The molecular formula is C23H31NO2. The lowest BCUT2D eigenvalue weighted by Gasteiger charge is -2.62. The van der Waals surface area contributed by atoms with E-state index in [1.807, 2.05) is 0 Å². The third-order valence-corrected chi connectivity index (χ3v) is 7.86. The number of nitrogens with zero attached hydrogens (tertiary/aromatic N) is 1. The van der Waals surface area contributed by atoms with Crippen LogP contribution in [0.2, 0.25) is 0 Å².